The first kappa shape index (κ1) is 25.4. The Labute approximate surface area is 206 Å². The van der Waals surface area contributed by atoms with Gasteiger partial charge >= 0.3 is 5.97 Å². The zero-order valence-corrected chi connectivity index (χ0v) is 22.1. The molecule has 0 saturated heterocycles. The van der Waals surface area contributed by atoms with Crippen molar-refractivity contribution in [3.63, 3.8) is 0 Å². The van der Waals surface area contributed by atoms with Gasteiger partial charge in [-0.15, -0.1) is 0 Å². The van der Waals surface area contributed by atoms with Gasteiger partial charge in [-0.2, -0.15) is 0 Å². The van der Waals surface area contributed by atoms with Crippen LogP contribution in [0.2, 0.25) is 0 Å². The van der Waals surface area contributed by atoms with Gasteiger partial charge in [0.2, 0.25) is 0 Å². The standard InChI is InChI=1S/C30H44O4/c1-18-13-19(2)26(20(3)14-18)27-25(34-29(32)30(4,5)6)16-23(28(27)31)15-21-9-11-24(12-10-21)33-17-22-7-8-22/h13-14,21-24,28,31H,7-12,15-17H2,1-6H3. The van der Waals surface area contributed by atoms with Gasteiger partial charge in [-0.25, -0.2) is 0 Å². The number of hydrogen-bond acceptors (Lipinski definition) is 4. The lowest BCUT2D eigenvalue weighted by molar-refractivity contribution is -0.148. The number of aliphatic hydroxyl groups excluding tert-OH is 1. The van der Waals surface area contributed by atoms with Gasteiger partial charge in [0.25, 0.3) is 0 Å². The highest BCUT2D eigenvalue weighted by Crippen LogP contribution is 2.46. The maximum atomic E-state index is 12.8. The molecule has 2 saturated carbocycles. The summed E-state index contributed by atoms with van der Waals surface area (Å²) in [4.78, 5) is 12.8. The SMILES string of the molecule is Cc1cc(C)c(C2=C(OC(=O)C(C)(C)C)CC(CC3CCC(OCC4CC4)CC3)C2O)c(C)c1. The van der Waals surface area contributed by atoms with Crippen molar-refractivity contribution in [1.29, 1.82) is 0 Å². The molecule has 0 bridgehead atoms. The number of esters is 1. The van der Waals surface area contributed by atoms with Crippen molar-refractivity contribution in [2.45, 2.75) is 105 Å². The van der Waals surface area contributed by atoms with Crippen molar-refractivity contribution < 1.29 is 19.4 Å². The third kappa shape index (κ3) is 5.94. The van der Waals surface area contributed by atoms with E-state index in [-0.39, 0.29) is 11.9 Å². The Hall–Kier alpha value is -1.65. The summed E-state index contributed by atoms with van der Waals surface area (Å²) in [7, 11) is 0. The van der Waals surface area contributed by atoms with Crippen LogP contribution in [0.15, 0.2) is 17.9 Å². The minimum Gasteiger partial charge on any atom is -0.430 e. The highest BCUT2D eigenvalue weighted by Gasteiger charge is 2.40. The lowest BCUT2D eigenvalue weighted by Gasteiger charge is -2.31. The molecule has 2 fully saturated rings. The van der Waals surface area contributed by atoms with Crippen LogP contribution in [0, 0.1) is 43.9 Å². The Bertz CT molecular complexity index is 903. The molecule has 2 atom stereocenters. The minimum absolute atomic E-state index is 0.0896. The number of rotatable bonds is 7. The molecule has 4 rings (SSSR count). The first-order valence-corrected chi connectivity index (χ1v) is 13.4. The normalized spacial score (nSPS) is 27.9. The van der Waals surface area contributed by atoms with Gasteiger partial charge in [0.1, 0.15) is 5.76 Å². The van der Waals surface area contributed by atoms with Gasteiger partial charge in [-0.05, 0) is 121 Å². The minimum atomic E-state index is -0.605. The maximum Gasteiger partial charge on any atom is 0.316 e. The molecule has 0 radical (unpaired) electrons. The molecule has 188 valence electrons. The zero-order chi connectivity index (χ0) is 24.6. The van der Waals surface area contributed by atoms with Crippen LogP contribution in [-0.2, 0) is 14.3 Å². The molecule has 1 aromatic rings. The Morgan fingerprint density at radius 3 is 2.12 bits per heavy atom. The first-order chi connectivity index (χ1) is 16.0. The van der Waals surface area contributed by atoms with Gasteiger partial charge in [0.15, 0.2) is 0 Å². The number of allylic oxidation sites excluding steroid dienone is 1. The largest absolute Gasteiger partial charge is 0.430 e. The van der Waals surface area contributed by atoms with E-state index in [0.29, 0.717) is 24.2 Å². The average molecular weight is 469 g/mol. The van der Waals surface area contributed by atoms with Crippen molar-refractivity contribution in [3.05, 3.63) is 40.1 Å². The highest BCUT2D eigenvalue weighted by molar-refractivity contribution is 5.82. The van der Waals surface area contributed by atoms with Crippen molar-refractivity contribution >= 4 is 11.5 Å². The van der Waals surface area contributed by atoms with Crippen LogP contribution in [0.4, 0.5) is 0 Å². The first-order valence-electron chi connectivity index (χ1n) is 13.4. The predicted octanol–water partition coefficient (Wildman–Crippen LogP) is 6.67. The molecular weight excluding hydrogens is 424 g/mol. The summed E-state index contributed by atoms with van der Waals surface area (Å²) in [5.74, 6) is 1.95. The van der Waals surface area contributed by atoms with Gasteiger partial charge < -0.3 is 14.6 Å². The number of aliphatic hydroxyl groups is 1. The van der Waals surface area contributed by atoms with Gasteiger partial charge in [-0.3, -0.25) is 4.79 Å². The fourth-order valence-corrected chi connectivity index (χ4v) is 5.85. The molecule has 34 heavy (non-hydrogen) atoms. The van der Waals surface area contributed by atoms with Crippen LogP contribution >= 0.6 is 0 Å². The third-order valence-corrected chi connectivity index (χ3v) is 7.96. The summed E-state index contributed by atoms with van der Waals surface area (Å²) in [6.07, 6.45) is 8.67. The van der Waals surface area contributed by atoms with Gasteiger partial charge in [0.05, 0.1) is 17.6 Å². The molecule has 2 unspecified atom stereocenters. The fraction of sp³-hybridized carbons (Fsp3) is 0.700. The Balaban J connectivity index is 1.48. The van der Waals surface area contributed by atoms with Crippen molar-refractivity contribution in [2.24, 2.45) is 23.2 Å². The smallest absolute Gasteiger partial charge is 0.316 e. The summed E-state index contributed by atoms with van der Waals surface area (Å²) < 4.78 is 12.1. The average Bonchev–Trinajstić information content (AvgIpc) is 3.53. The lowest BCUT2D eigenvalue weighted by atomic mass is 9.79. The fourth-order valence-electron chi connectivity index (χ4n) is 5.85. The molecule has 1 N–H and O–H groups in total. The van der Waals surface area contributed by atoms with Crippen molar-refractivity contribution in [1.82, 2.24) is 0 Å². The van der Waals surface area contributed by atoms with Crippen LogP contribution in [0.25, 0.3) is 5.57 Å². The lowest BCUT2D eigenvalue weighted by Crippen LogP contribution is -2.26. The van der Waals surface area contributed by atoms with Crippen LogP contribution in [-0.4, -0.2) is 29.9 Å². The predicted molar refractivity (Wildman–Crippen MR) is 136 cm³/mol. The molecule has 4 nitrogen and oxygen atoms in total. The topological polar surface area (TPSA) is 55.8 Å². The van der Waals surface area contributed by atoms with Crippen LogP contribution in [0.3, 0.4) is 0 Å². The number of carbonyl (C=O) groups excluding carboxylic acids is 1. The van der Waals surface area contributed by atoms with E-state index in [2.05, 4.69) is 32.9 Å². The molecule has 3 aliphatic rings. The molecular formula is C30H44O4. The van der Waals surface area contributed by atoms with Crippen LogP contribution < -0.4 is 0 Å². The van der Waals surface area contributed by atoms with Crippen LogP contribution in [0.1, 0.15) is 94.4 Å². The number of aryl methyl sites for hydroxylation is 3. The van der Waals surface area contributed by atoms with E-state index in [4.69, 9.17) is 9.47 Å². The summed E-state index contributed by atoms with van der Waals surface area (Å²) in [6, 6.07) is 4.31. The van der Waals surface area contributed by atoms with Crippen LogP contribution in [0.5, 0.6) is 0 Å². The van der Waals surface area contributed by atoms with E-state index in [1.54, 1.807) is 0 Å². The second-order valence-corrected chi connectivity index (χ2v) is 12.3. The molecule has 4 heteroatoms. The Kier molecular flexibility index (Phi) is 7.59. The number of carbonyl (C=O) groups is 1. The summed E-state index contributed by atoms with van der Waals surface area (Å²) in [5.41, 5.74) is 4.76. The molecule has 1 aromatic carbocycles. The molecule has 0 heterocycles. The van der Waals surface area contributed by atoms with Gasteiger partial charge in [-0.1, -0.05) is 17.7 Å². The Morgan fingerprint density at radius 1 is 0.971 bits per heavy atom. The Morgan fingerprint density at radius 2 is 1.56 bits per heavy atom. The van der Waals surface area contributed by atoms with E-state index in [1.807, 2.05) is 20.8 Å². The quantitative estimate of drug-likeness (QED) is 0.454. The third-order valence-electron chi connectivity index (χ3n) is 7.96. The molecule has 0 aliphatic heterocycles. The van der Waals surface area contributed by atoms with E-state index < -0.39 is 11.5 Å². The maximum absolute atomic E-state index is 12.8. The van der Waals surface area contributed by atoms with E-state index in [1.165, 1.54) is 18.4 Å². The van der Waals surface area contributed by atoms with Crippen molar-refractivity contribution in [2.75, 3.05) is 6.61 Å². The summed E-state index contributed by atoms with van der Waals surface area (Å²) in [6.45, 7) is 12.9. The highest BCUT2D eigenvalue weighted by atomic mass is 16.5. The van der Waals surface area contributed by atoms with Gasteiger partial charge in [0, 0.05) is 18.6 Å². The van der Waals surface area contributed by atoms with Crippen molar-refractivity contribution in [3.8, 4) is 0 Å². The number of benzene rings is 1. The summed E-state index contributed by atoms with van der Waals surface area (Å²) in [5, 5.41) is 11.6. The van der Waals surface area contributed by atoms with E-state index >= 15 is 0 Å². The molecule has 0 amide bonds. The monoisotopic (exact) mass is 468 g/mol. The second kappa shape index (κ2) is 10.1. The number of ether oxygens (including phenoxy) is 2. The molecule has 0 aromatic heterocycles. The summed E-state index contributed by atoms with van der Waals surface area (Å²) >= 11 is 0. The van der Waals surface area contributed by atoms with E-state index in [9.17, 15) is 9.90 Å². The zero-order valence-electron chi connectivity index (χ0n) is 22.1. The molecule has 3 aliphatic carbocycles. The van der Waals surface area contributed by atoms with E-state index in [0.717, 1.165) is 66.9 Å². The second-order valence-electron chi connectivity index (χ2n) is 12.3. The molecule has 0 spiro atoms. The number of hydrogen-bond donors (Lipinski definition) is 1.